The fourth-order valence-electron chi connectivity index (χ4n) is 7.91. The summed E-state index contributed by atoms with van der Waals surface area (Å²) in [5.74, 6) is -3.56. The molecular weight excluding hydrogens is 673 g/mol. The van der Waals surface area contributed by atoms with Crippen molar-refractivity contribution in [2.45, 2.75) is 74.9 Å². The quantitative estimate of drug-likeness (QED) is 0.315. The van der Waals surface area contributed by atoms with Crippen LogP contribution in [0.15, 0.2) is 6.07 Å². The second kappa shape index (κ2) is 11.9. The highest BCUT2D eigenvalue weighted by atomic mass is 32.2. The molecule has 0 aromatic heterocycles. The van der Waals surface area contributed by atoms with Gasteiger partial charge in [-0.25, -0.2) is 4.79 Å². The van der Waals surface area contributed by atoms with Gasteiger partial charge in [0.05, 0.1) is 30.5 Å². The fourth-order valence-corrected chi connectivity index (χ4v) is 9.43. The Bertz CT molecular complexity index is 1830. The Morgan fingerprint density at radius 2 is 1.90 bits per heavy atom. The van der Waals surface area contributed by atoms with E-state index in [9.17, 15) is 37.9 Å². The maximum atomic E-state index is 13.3. The summed E-state index contributed by atoms with van der Waals surface area (Å²) in [6, 6.07) is -1.10. The van der Waals surface area contributed by atoms with E-state index < -0.39 is 77.9 Å². The molecule has 0 radical (unpaired) electrons. The number of rotatable bonds is 3. The number of phenolic OH excluding ortho intramolecular Hbond substituents is 1. The normalized spacial score (nSPS) is 28.3. The second-order valence-corrected chi connectivity index (χ2v) is 13.7. The molecule has 0 spiro atoms. The number of halogens is 3. The number of ether oxygens (including phenoxy) is 5. The average Bonchev–Trinajstić information content (AvgIpc) is 3.53. The number of alkyl halides is 3. The lowest BCUT2D eigenvalue weighted by atomic mass is 9.72. The van der Waals surface area contributed by atoms with E-state index in [0.29, 0.717) is 45.7 Å². The first-order valence-electron chi connectivity index (χ1n) is 15.4. The molecule has 7 rings (SSSR count). The zero-order chi connectivity index (χ0) is 35.1. The number of nitrogens with one attached hydrogen (secondary N) is 2. The molecule has 2 aromatic carbocycles. The summed E-state index contributed by atoms with van der Waals surface area (Å²) in [7, 11) is 1.43. The molecule has 49 heavy (non-hydrogen) atoms. The third-order valence-corrected chi connectivity index (χ3v) is 11.1. The summed E-state index contributed by atoms with van der Waals surface area (Å²) in [6.07, 6.45) is -4.90. The third-order valence-electron chi connectivity index (χ3n) is 9.71. The minimum atomic E-state index is -5.26. The number of nitrogens with zero attached hydrogens (tertiary/aromatic N) is 2. The number of esters is 2. The van der Waals surface area contributed by atoms with Crippen LogP contribution in [-0.2, 0) is 25.5 Å². The van der Waals surface area contributed by atoms with Gasteiger partial charge in [0.2, 0.25) is 6.79 Å². The molecule has 2 saturated heterocycles. The lowest BCUT2D eigenvalue weighted by Gasteiger charge is -2.59. The molecule has 7 atom stereocenters. The summed E-state index contributed by atoms with van der Waals surface area (Å²) < 4.78 is 68.9. The van der Waals surface area contributed by atoms with Crippen LogP contribution >= 0.6 is 11.8 Å². The number of carbonyl (C=O) groups is 3. The number of benzene rings is 2. The number of fused-ring (bicyclic) bond motifs is 9. The van der Waals surface area contributed by atoms with Crippen molar-refractivity contribution in [2.75, 3.05) is 26.3 Å². The number of aryl methyl sites for hydroxylation is 1. The Morgan fingerprint density at radius 1 is 1.16 bits per heavy atom. The molecule has 0 saturated carbocycles. The van der Waals surface area contributed by atoms with Gasteiger partial charge in [-0.3, -0.25) is 14.5 Å². The number of cyclic esters (lactones) is 1. The standard InChI is InChI=1S/C32H31F3N4O9S/c1-11-5-14-6-15-17(7-36)39-18-8-45-30(42)16(38-31(43)32(33,34)35)9-49-29(23(39)22(37-15)19(14)24(41)25(11)44-4)21-20(18)28-27(46-10-47-28)12(2)26(21)48-13(3)40/h5,15-18,22-23,29,37,41H,6,8-10H2,1-4H3,(H,38,43)/t15-,16?,17-,18+,22+,23?,29+/m0/s1. The minimum absolute atomic E-state index is 0.106. The highest BCUT2D eigenvalue weighted by Gasteiger charge is 2.59. The number of carbonyl (C=O) groups excluding carboxylic acids is 3. The number of amides is 1. The van der Waals surface area contributed by atoms with Gasteiger partial charge in [0.1, 0.15) is 24.4 Å². The van der Waals surface area contributed by atoms with E-state index in [4.69, 9.17) is 23.7 Å². The molecule has 4 bridgehead atoms. The summed E-state index contributed by atoms with van der Waals surface area (Å²) >= 11 is 1.02. The highest BCUT2D eigenvalue weighted by molar-refractivity contribution is 7.99. The Hall–Kier alpha value is -4.40. The molecule has 1 amide bonds. The average molecular weight is 705 g/mol. The number of nitriles is 1. The maximum absolute atomic E-state index is 13.3. The molecule has 5 heterocycles. The van der Waals surface area contributed by atoms with Gasteiger partial charge in [0, 0.05) is 47.0 Å². The molecule has 2 aromatic rings. The van der Waals surface area contributed by atoms with Crippen LogP contribution in [0.1, 0.15) is 57.6 Å². The highest BCUT2D eigenvalue weighted by Crippen LogP contribution is 2.62. The van der Waals surface area contributed by atoms with E-state index in [1.165, 1.54) is 14.0 Å². The van der Waals surface area contributed by atoms with Crippen molar-refractivity contribution in [3.05, 3.63) is 39.4 Å². The van der Waals surface area contributed by atoms with Gasteiger partial charge in [0.25, 0.3) is 0 Å². The van der Waals surface area contributed by atoms with Crippen molar-refractivity contribution in [1.29, 1.82) is 5.26 Å². The van der Waals surface area contributed by atoms with Gasteiger partial charge in [-0.05, 0) is 31.4 Å². The predicted molar refractivity (Wildman–Crippen MR) is 163 cm³/mol. The molecule has 13 nitrogen and oxygen atoms in total. The lowest BCUT2D eigenvalue weighted by Crippen LogP contribution is -2.69. The van der Waals surface area contributed by atoms with Crippen LogP contribution in [0.5, 0.6) is 28.7 Å². The van der Waals surface area contributed by atoms with Crippen LogP contribution in [0.3, 0.4) is 0 Å². The maximum Gasteiger partial charge on any atom is 0.471 e. The van der Waals surface area contributed by atoms with Gasteiger partial charge in [0.15, 0.2) is 23.0 Å². The minimum Gasteiger partial charge on any atom is -0.504 e. The summed E-state index contributed by atoms with van der Waals surface area (Å²) in [4.78, 5) is 39.8. The van der Waals surface area contributed by atoms with Crippen LogP contribution in [-0.4, -0.2) is 84.5 Å². The number of methoxy groups -OCH3 is 1. The van der Waals surface area contributed by atoms with Crippen molar-refractivity contribution in [2.24, 2.45) is 0 Å². The predicted octanol–water partition coefficient (Wildman–Crippen LogP) is 2.94. The number of hydrogen-bond acceptors (Lipinski definition) is 13. The van der Waals surface area contributed by atoms with Gasteiger partial charge >= 0.3 is 24.0 Å². The van der Waals surface area contributed by atoms with Crippen molar-refractivity contribution in [3.63, 3.8) is 0 Å². The Labute approximate surface area is 281 Å². The number of aromatic hydroxyl groups is 1. The lowest BCUT2D eigenvalue weighted by molar-refractivity contribution is -0.175. The Morgan fingerprint density at radius 3 is 2.57 bits per heavy atom. The van der Waals surface area contributed by atoms with Crippen LogP contribution in [0.2, 0.25) is 0 Å². The molecule has 5 aliphatic rings. The number of piperazine rings is 1. The second-order valence-electron chi connectivity index (χ2n) is 12.5. The van der Waals surface area contributed by atoms with Crippen LogP contribution in [0.4, 0.5) is 13.2 Å². The van der Waals surface area contributed by atoms with E-state index in [1.807, 2.05) is 11.0 Å². The summed E-state index contributed by atoms with van der Waals surface area (Å²) in [6.45, 7) is 4.06. The van der Waals surface area contributed by atoms with Gasteiger partial charge in [-0.15, -0.1) is 11.8 Å². The topological polar surface area (TPSA) is 169 Å². The zero-order valence-electron chi connectivity index (χ0n) is 26.6. The van der Waals surface area contributed by atoms with Crippen molar-refractivity contribution in [1.82, 2.24) is 15.5 Å². The molecule has 0 aliphatic carbocycles. The molecule has 260 valence electrons. The largest absolute Gasteiger partial charge is 0.504 e. The fraction of sp³-hybridized carbons (Fsp3) is 0.500. The van der Waals surface area contributed by atoms with Crippen LogP contribution in [0.25, 0.3) is 0 Å². The van der Waals surface area contributed by atoms with E-state index in [1.54, 1.807) is 19.2 Å². The van der Waals surface area contributed by atoms with Crippen LogP contribution < -0.4 is 29.6 Å². The SMILES string of the molecule is COc1c(C)cc2c(c1O)[C@H]1N[C@@H](C2)[C@H](C#N)N2C1[C@@H]1SCC(NC(=O)C(F)(F)F)C(=O)OC[C@@H]2c2c3c(c(C)c(OC(C)=O)c21)OCO3. The monoisotopic (exact) mass is 704 g/mol. The van der Waals surface area contributed by atoms with Gasteiger partial charge in [-0.1, -0.05) is 6.07 Å². The van der Waals surface area contributed by atoms with Gasteiger partial charge in [-0.2, -0.15) is 18.4 Å². The number of thioether (sulfide) groups is 1. The molecular formula is C32H31F3N4O9S. The van der Waals surface area contributed by atoms with E-state index in [2.05, 4.69) is 11.4 Å². The van der Waals surface area contributed by atoms with Gasteiger partial charge < -0.3 is 39.4 Å². The van der Waals surface area contributed by atoms with E-state index in [0.717, 1.165) is 17.3 Å². The Balaban J connectivity index is 1.49. The van der Waals surface area contributed by atoms with Crippen molar-refractivity contribution < 1.29 is 56.3 Å². The summed E-state index contributed by atoms with van der Waals surface area (Å²) in [5, 5.41) is 26.8. The first-order chi connectivity index (χ1) is 23.3. The molecule has 17 heteroatoms. The molecule has 2 unspecified atom stereocenters. The van der Waals surface area contributed by atoms with Crippen LogP contribution in [0, 0.1) is 25.2 Å². The first-order valence-corrected chi connectivity index (χ1v) is 16.4. The Kier molecular flexibility index (Phi) is 8.03. The molecule has 2 fully saturated rings. The smallest absolute Gasteiger partial charge is 0.471 e. The zero-order valence-corrected chi connectivity index (χ0v) is 27.4. The summed E-state index contributed by atoms with van der Waals surface area (Å²) in [5.41, 5.74) is 3.30. The molecule has 5 aliphatic heterocycles. The molecule has 3 N–H and O–H groups in total. The van der Waals surface area contributed by atoms with E-state index in [-0.39, 0.29) is 24.0 Å². The first kappa shape index (κ1) is 33.1. The van der Waals surface area contributed by atoms with Crippen molar-refractivity contribution in [3.8, 4) is 34.8 Å². The van der Waals surface area contributed by atoms with Crippen molar-refractivity contribution >= 4 is 29.6 Å². The third kappa shape index (κ3) is 5.10. The van der Waals surface area contributed by atoms with E-state index >= 15 is 0 Å². The number of phenols is 1. The number of hydrogen-bond donors (Lipinski definition) is 3.